The van der Waals surface area contributed by atoms with Crippen molar-refractivity contribution in [2.45, 2.75) is 25.5 Å². The molecule has 0 saturated heterocycles. The van der Waals surface area contributed by atoms with Crippen molar-refractivity contribution >= 4 is 29.1 Å². The first-order chi connectivity index (χ1) is 11.3. The number of likely N-dealkylation sites (N-methyl/N-ethyl adjacent to an activating group) is 1. The molecule has 1 aliphatic rings. The van der Waals surface area contributed by atoms with Gasteiger partial charge in [0.1, 0.15) is 11.8 Å². The Morgan fingerprint density at radius 2 is 2.17 bits per heavy atom. The van der Waals surface area contributed by atoms with E-state index in [2.05, 4.69) is 10.5 Å². The maximum Gasteiger partial charge on any atom is 0.264 e. The quantitative estimate of drug-likeness (QED) is 0.868. The topological polar surface area (TPSA) is 80.2 Å². The fourth-order valence-corrected chi connectivity index (χ4v) is 2.51. The summed E-state index contributed by atoms with van der Waals surface area (Å²) in [7, 11) is 4.81. The second-order valence-electron chi connectivity index (χ2n) is 5.64. The van der Waals surface area contributed by atoms with Crippen LogP contribution in [0.25, 0.3) is 0 Å². The van der Waals surface area contributed by atoms with E-state index in [4.69, 9.17) is 21.2 Å². The molecule has 8 heteroatoms. The Hall–Kier alpha value is -2.28. The molecule has 1 aromatic carbocycles. The summed E-state index contributed by atoms with van der Waals surface area (Å²) in [5.41, 5.74) is 1.22. The molecule has 0 aromatic heterocycles. The lowest BCUT2D eigenvalue weighted by atomic mass is 10.0. The number of carbonyl (C=O) groups excluding carboxylic acids is 2. The summed E-state index contributed by atoms with van der Waals surface area (Å²) >= 11 is 6.18. The van der Waals surface area contributed by atoms with Gasteiger partial charge in [-0.3, -0.25) is 9.59 Å². The summed E-state index contributed by atoms with van der Waals surface area (Å²) in [6, 6.07) is 4.54. The van der Waals surface area contributed by atoms with Gasteiger partial charge in [0.15, 0.2) is 0 Å². The molecule has 2 rings (SSSR count). The van der Waals surface area contributed by atoms with Crippen molar-refractivity contribution < 1.29 is 19.2 Å². The smallest absolute Gasteiger partial charge is 0.264 e. The standard InChI is InChI=1S/C16H20ClN3O4/c1-9(16(22)20(2)3)18-15(21)14-8-13(19-24-14)11-7-10(23-4)5-6-12(11)17/h5-7,9,14H,8H2,1-4H3,(H,18,21). The summed E-state index contributed by atoms with van der Waals surface area (Å²) in [6.07, 6.45) is -0.526. The fourth-order valence-electron chi connectivity index (χ4n) is 2.28. The lowest BCUT2D eigenvalue weighted by Gasteiger charge is -2.19. The van der Waals surface area contributed by atoms with E-state index < -0.39 is 18.1 Å². The van der Waals surface area contributed by atoms with Crippen molar-refractivity contribution in [1.82, 2.24) is 10.2 Å². The number of nitrogens with zero attached hydrogens (tertiary/aromatic N) is 2. The molecule has 1 N–H and O–H groups in total. The highest BCUT2D eigenvalue weighted by Gasteiger charge is 2.31. The molecule has 1 aromatic rings. The van der Waals surface area contributed by atoms with Crippen molar-refractivity contribution in [2.75, 3.05) is 21.2 Å². The largest absolute Gasteiger partial charge is 0.497 e. The van der Waals surface area contributed by atoms with Crippen LogP contribution in [-0.4, -0.2) is 55.8 Å². The van der Waals surface area contributed by atoms with Crippen LogP contribution in [-0.2, 0) is 14.4 Å². The molecule has 7 nitrogen and oxygen atoms in total. The molecule has 0 bridgehead atoms. The molecule has 2 amide bonds. The van der Waals surface area contributed by atoms with Gasteiger partial charge in [-0.1, -0.05) is 16.8 Å². The molecule has 0 saturated carbocycles. The third-order valence-electron chi connectivity index (χ3n) is 3.62. The van der Waals surface area contributed by atoms with E-state index in [0.717, 1.165) is 0 Å². The van der Waals surface area contributed by atoms with Crippen LogP contribution in [0.15, 0.2) is 23.4 Å². The number of benzene rings is 1. The molecule has 130 valence electrons. The van der Waals surface area contributed by atoms with Crippen LogP contribution >= 0.6 is 11.6 Å². The summed E-state index contributed by atoms with van der Waals surface area (Å²) in [4.78, 5) is 30.7. The minimum Gasteiger partial charge on any atom is -0.497 e. The number of hydrogen-bond donors (Lipinski definition) is 1. The van der Waals surface area contributed by atoms with Crippen LogP contribution in [0, 0.1) is 0 Å². The number of nitrogens with one attached hydrogen (secondary N) is 1. The van der Waals surface area contributed by atoms with Crippen LogP contribution in [0.3, 0.4) is 0 Å². The first kappa shape index (κ1) is 18.1. The normalized spacial score (nSPS) is 17.5. The van der Waals surface area contributed by atoms with Gasteiger partial charge in [0, 0.05) is 26.1 Å². The predicted octanol–water partition coefficient (Wildman–Crippen LogP) is 1.43. The fraction of sp³-hybridized carbons (Fsp3) is 0.438. The average molecular weight is 354 g/mol. The van der Waals surface area contributed by atoms with E-state index in [0.29, 0.717) is 22.0 Å². The number of ether oxygens (including phenoxy) is 1. The van der Waals surface area contributed by atoms with E-state index in [-0.39, 0.29) is 12.3 Å². The first-order valence-corrected chi connectivity index (χ1v) is 7.79. The molecule has 0 aliphatic carbocycles. The Morgan fingerprint density at radius 1 is 1.46 bits per heavy atom. The average Bonchev–Trinajstić information content (AvgIpc) is 3.04. The number of hydrogen-bond acceptors (Lipinski definition) is 5. The number of amides is 2. The SMILES string of the molecule is COc1ccc(Cl)c(C2=NOC(C(=O)NC(C)C(=O)N(C)C)C2)c1. The molecule has 2 atom stereocenters. The summed E-state index contributed by atoms with van der Waals surface area (Å²) < 4.78 is 5.17. The number of rotatable bonds is 5. The summed E-state index contributed by atoms with van der Waals surface area (Å²) in [5.74, 6) is 0.0454. The second kappa shape index (κ2) is 7.53. The van der Waals surface area contributed by atoms with E-state index in [9.17, 15) is 9.59 Å². The highest BCUT2D eigenvalue weighted by atomic mass is 35.5. The predicted molar refractivity (Wildman–Crippen MR) is 90.3 cm³/mol. The first-order valence-electron chi connectivity index (χ1n) is 7.41. The minimum absolute atomic E-state index is 0.196. The van der Waals surface area contributed by atoms with E-state index in [1.54, 1.807) is 46.3 Å². The van der Waals surface area contributed by atoms with Gasteiger partial charge in [0.2, 0.25) is 12.0 Å². The molecule has 0 spiro atoms. The van der Waals surface area contributed by atoms with Crippen LogP contribution in [0.2, 0.25) is 5.02 Å². The third-order valence-corrected chi connectivity index (χ3v) is 3.95. The van der Waals surface area contributed by atoms with Crippen molar-refractivity contribution in [1.29, 1.82) is 0 Å². The maximum atomic E-state index is 12.2. The monoisotopic (exact) mass is 353 g/mol. The van der Waals surface area contributed by atoms with Gasteiger partial charge in [-0.05, 0) is 25.1 Å². The molecule has 0 radical (unpaired) electrons. The number of oxime groups is 1. The Bertz CT molecular complexity index is 675. The van der Waals surface area contributed by atoms with Crippen molar-refractivity contribution in [3.8, 4) is 5.75 Å². The van der Waals surface area contributed by atoms with Crippen molar-refractivity contribution in [2.24, 2.45) is 5.16 Å². The second-order valence-corrected chi connectivity index (χ2v) is 6.05. The van der Waals surface area contributed by atoms with Gasteiger partial charge < -0.3 is 19.8 Å². The summed E-state index contributed by atoms with van der Waals surface area (Å²) in [6.45, 7) is 1.62. The number of halogens is 1. The zero-order valence-corrected chi connectivity index (χ0v) is 14.8. The van der Waals surface area contributed by atoms with Gasteiger partial charge in [0.25, 0.3) is 5.91 Å². The highest BCUT2D eigenvalue weighted by molar-refractivity contribution is 6.34. The molecular formula is C16H20ClN3O4. The third kappa shape index (κ3) is 3.97. The highest BCUT2D eigenvalue weighted by Crippen LogP contribution is 2.27. The van der Waals surface area contributed by atoms with Crippen LogP contribution in [0.5, 0.6) is 5.75 Å². The van der Waals surface area contributed by atoms with E-state index in [1.165, 1.54) is 4.90 Å². The Labute approximate surface area is 145 Å². The lowest BCUT2D eigenvalue weighted by molar-refractivity contribution is -0.137. The molecule has 1 aliphatic heterocycles. The Balaban J connectivity index is 2.02. The van der Waals surface area contributed by atoms with Crippen LogP contribution in [0.1, 0.15) is 18.9 Å². The summed E-state index contributed by atoms with van der Waals surface area (Å²) in [5, 5.41) is 7.07. The van der Waals surface area contributed by atoms with Gasteiger partial charge in [-0.15, -0.1) is 0 Å². The maximum absolute atomic E-state index is 12.2. The molecule has 0 fully saturated rings. The Kier molecular flexibility index (Phi) is 5.66. The van der Waals surface area contributed by atoms with Crippen molar-refractivity contribution in [3.63, 3.8) is 0 Å². The van der Waals surface area contributed by atoms with Gasteiger partial charge in [-0.2, -0.15) is 0 Å². The lowest BCUT2D eigenvalue weighted by Crippen LogP contribution is -2.47. The minimum atomic E-state index is -0.792. The molecular weight excluding hydrogens is 334 g/mol. The van der Waals surface area contributed by atoms with Gasteiger partial charge in [-0.25, -0.2) is 0 Å². The van der Waals surface area contributed by atoms with Gasteiger partial charge >= 0.3 is 0 Å². The Morgan fingerprint density at radius 3 is 2.79 bits per heavy atom. The van der Waals surface area contributed by atoms with Crippen molar-refractivity contribution in [3.05, 3.63) is 28.8 Å². The van der Waals surface area contributed by atoms with E-state index >= 15 is 0 Å². The molecule has 24 heavy (non-hydrogen) atoms. The zero-order chi connectivity index (χ0) is 17.9. The molecule has 1 heterocycles. The molecule has 2 unspecified atom stereocenters. The number of carbonyl (C=O) groups is 2. The van der Waals surface area contributed by atoms with E-state index in [1.807, 2.05) is 0 Å². The zero-order valence-electron chi connectivity index (χ0n) is 14.0. The number of methoxy groups -OCH3 is 1. The van der Waals surface area contributed by atoms with Gasteiger partial charge in [0.05, 0.1) is 17.8 Å². The van der Waals surface area contributed by atoms with Crippen LogP contribution in [0.4, 0.5) is 0 Å². The van der Waals surface area contributed by atoms with Crippen LogP contribution < -0.4 is 10.1 Å².